The average molecular weight is 198 g/mol. The first-order valence-corrected chi connectivity index (χ1v) is 5.76. The zero-order valence-electron chi connectivity index (χ0n) is 8.25. The van der Waals surface area contributed by atoms with Crippen LogP contribution in [0.5, 0.6) is 0 Å². The minimum absolute atomic E-state index is 0.771. The van der Waals surface area contributed by atoms with E-state index in [1.54, 1.807) is 0 Å². The van der Waals surface area contributed by atoms with E-state index in [2.05, 4.69) is 17.1 Å². The van der Waals surface area contributed by atoms with E-state index in [0.717, 1.165) is 23.6 Å². The van der Waals surface area contributed by atoms with E-state index in [1.807, 2.05) is 0 Å². The van der Waals surface area contributed by atoms with Crippen molar-refractivity contribution in [1.82, 2.24) is 10.2 Å². The van der Waals surface area contributed by atoms with Gasteiger partial charge < -0.3 is 10.2 Å². The van der Waals surface area contributed by atoms with Crippen LogP contribution in [-0.2, 0) is 0 Å². The molecular weight excluding hydrogens is 180 g/mol. The lowest BCUT2D eigenvalue weighted by molar-refractivity contribution is 0.385. The van der Waals surface area contributed by atoms with Gasteiger partial charge in [-0.2, -0.15) is 0 Å². The summed E-state index contributed by atoms with van der Waals surface area (Å²) in [4.78, 5) is 2.41. The summed E-state index contributed by atoms with van der Waals surface area (Å²) in [5, 5.41) is 4.24. The van der Waals surface area contributed by atoms with Gasteiger partial charge in [0.1, 0.15) is 0 Å². The van der Waals surface area contributed by atoms with Crippen LogP contribution < -0.4 is 5.32 Å². The summed E-state index contributed by atoms with van der Waals surface area (Å²) >= 11 is 5.35. The van der Waals surface area contributed by atoms with Crippen LogP contribution in [0, 0.1) is 5.92 Å². The molecular formula is C10H18N2S. The van der Waals surface area contributed by atoms with Gasteiger partial charge in [0.2, 0.25) is 0 Å². The lowest BCUT2D eigenvalue weighted by Gasteiger charge is -2.25. The van der Waals surface area contributed by atoms with Crippen molar-refractivity contribution >= 4 is 17.3 Å². The van der Waals surface area contributed by atoms with E-state index in [9.17, 15) is 0 Å². The second-order valence-corrected chi connectivity index (χ2v) is 4.55. The Balaban J connectivity index is 1.83. The van der Waals surface area contributed by atoms with Gasteiger partial charge >= 0.3 is 0 Å². The van der Waals surface area contributed by atoms with Gasteiger partial charge in [-0.3, -0.25) is 0 Å². The average Bonchev–Trinajstić information content (AvgIpc) is 2.95. The van der Waals surface area contributed by atoms with Crippen LogP contribution >= 0.6 is 12.2 Å². The van der Waals surface area contributed by atoms with Crippen LogP contribution in [0.4, 0.5) is 0 Å². The van der Waals surface area contributed by atoms with Gasteiger partial charge in [-0.15, -0.1) is 0 Å². The highest BCUT2D eigenvalue weighted by Gasteiger charge is 2.34. The lowest BCUT2D eigenvalue weighted by Crippen LogP contribution is -2.42. The molecule has 0 atom stereocenters. The summed E-state index contributed by atoms with van der Waals surface area (Å²) in [6.07, 6.45) is 5.52. The molecule has 0 aromatic carbocycles. The van der Waals surface area contributed by atoms with E-state index in [-0.39, 0.29) is 0 Å². The van der Waals surface area contributed by atoms with Crippen LogP contribution in [0.2, 0.25) is 0 Å². The Labute approximate surface area is 85.7 Å². The minimum atomic E-state index is 0.771. The van der Waals surface area contributed by atoms with Gasteiger partial charge in [0.15, 0.2) is 5.11 Å². The number of hydrogen-bond donors (Lipinski definition) is 1. The first-order chi connectivity index (χ1) is 6.31. The van der Waals surface area contributed by atoms with E-state index in [0.29, 0.717) is 0 Å². The molecule has 2 aliphatic rings. The van der Waals surface area contributed by atoms with E-state index >= 15 is 0 Å². The molecule has 13 heavy (non-hydrogen) atoms. The van der Waals surface area contributed by atoms with E-state index in [1.165, 1.54) is 32.2 Å². The van der Waals surface area contributed by atoms with Gasteiger partial charge in [-0.1, -0.05) is 0 Å². The summed E-state index contributed by atoms with van der Waals surface area (Å²) in [5.41, 5.74) is 0. The Morgan fingerprint density at radius 2 is 2.08 bits per heavy atom. The molecule has 0 saturated heterocycles. The Bertz CT molecular complexity index is 197. The smallest absolute Gasteiger partial charge is 0.169 e. The molecule has 2 nitrogen and oxygen atoms in total. The number of nitrogens with one attached hydrogen (secondary N) is 1. The molecule has 2 fully saturated rings. The Morgan fingerprint density at radius 3 is 2.54 bits per heavy atom. The van der Waals surface area contributed by atoms with Crippen LogP contribution in [0.25, 0.3) is 0 Å². The number of thiocarbonyl (C=S) groups is 1. The standard InChI is InChI=1S/C10H18N2S/c1-2-11-10(13)12(9-5-6-9)7-8-3-4-8/h8-9H,2-7H2,1H3,(H,11,13). The van der Waals surface area contributed by atoms with Gasteiger partial charge in [-0.25, -0.2) is 0 Å². The monoisotopic (exact) mass is 198 g/mol. The molecule has 0 amide bonds. The van der Waals surface area contributed by atoms with Crippen LogP contribution in [0.1, 0.15) is 32.6 Å². The lowest BCUT2D eigenvalue weighted by atomic mass is 10.3. The summed E-state index contributed by atoms with van der Waals surface area (Å²) < 4.78 is 0. The molecule has 2 saturated carbocycles. The third-order valence-electron chi connectivity index (χ3n) is 2.73. The number of rotatable bonds is 4. The first-order valence-electron chi connectivity index (χ1n) is 5.35. The topological polar surface area (TPSA) is 15.3 Å². The van der Waals surface area contributed by atoms with Gasteiger partial charge in [0.05, 0.1) is 0 Å². The summed E-state index contributed by atoms with van der Waals surface area (Å²) in [7, 11) is 0. The molecule has 2 aliphatic carbocycles. The third-order valence-corrected chi connectivity index (χ3v) is 3.11. The fourth-order valence-corrected chi connectivity index (χ4v) is 1.98. The zero-order valence-corrected chi connectivity index (χ0v) is 9.07. The van der Waals surface area contributed by atoms with E-state index < -0.39 is 0 Å². The fraction of sp³-hybridized carbons (Fsp3) is 0.900. The molecule has 1 N–H and O–H groups in total. The molecule has 0 bridgehead atoms. The van der Waals surface area contributed by atoms with Crippen molar-refractivity contribution in [2.24, 2.45) is 5.92 Å². The van der Waals surface area contributed by atoms with Gasteiger partial charge in [0.25, 0.3) is 0 Å². The Kier molecular flexibility index (Phi) is 2.72. The van der Waals surface area contributed by atoms with Crippen molar-refractivity contribution in [3.63, 3.8) is 0 Å². The largest absolute Gasteiger partial charge is 0.363 e. The van der Waals surface area contributed by atoms with Crippen LogP contribution in [-0.4, -0.2) is 29.1 Å². The van der Waals surface area contributed by atoms with E-state index in [4.69, 9.17) is 12.2 Å². The van der Waals surface area contributed by atoms with Crippen LogP contribution in [0.3, 0.4) is 0 Å². The predicted molar refractivity (Wildman–Crippen MR) is 58.7 cm³/mol. The van der Waals surface area contributed by atoms with Crippen molar-refractivity contribution in [2.45, 2.75) is 38.6 Å². The molecule has 0 spiro atoms. The Morgan fingerprint density at radius 1 is 1.38 bits per heavy atom. The predicted octanol–water partition coefficient (Wildman–Crippen LogP) is 1.76. The highest BCUT2D eigenvalue weighted by atomic mass is 32.1. The third kappa shape index (κ3) is 2.56. The molecule has 0 aromatic heterocycles. The first kappa shape index (κ1) is 9.25. The number of hydrogen-bond acceptors (Lipinski definition) is 1. The maximum Gasteiger partial charge on any atom is 0.169 e. The fourth-order valence-electron chi connectivity index (χ4n) is 1.62. The van der Waals surface area contributed by atoms with Crippen molar-refractivity contribution < 1.29 is 0 Å². The highest BCUT2D eigenvalue weighted by Crippen LogP contribution is 2.34. The summed E-state index contributed by atoms with van der Waals surface area (Å²) in [6.45, 7) is 4.26. The number of nitrogens with zero attached hydrogens (tertiary/aromatic N) is 1. The van der Waals surface area contributed by atoms with Crippen molar-refractivity contribution in [3.05, 3.63) is 0 Å². The van der Waals surface area contributed by atoms with Crippen molar-refractivity contribution in [2.75, 3.05) is 13.1 Å². The molecule has 74 valence electrons. The summed E-state index contributed by atoms with van der Waals surface area (Å²) in [5.74, 6) is 0.942. The second-order valence-electron chi connectivity index (χ2n) is 4.16. The molecule has 0 heterocycles. The normalized spacial score (nSPS) is 21.3. The van der Waals surface area contributed by atoms with Crippen molar-refractivity contribution in [3.8, 4) is 0 Å². The minimum Gasteiger partial charge on any atom is -0.363 e. The zero-order chi connectivity index (χ0) is 9.26. The summed E-state index contributed by atoms with van der Waals surface area (Å²) in [6, 6.07) is 0.771. The van der Waals surface area contributed by atoms with Crippen LogP contribution in [0.15, 0.2) is 0 Å². The second kappa shape index (κ2) is 3.82. The maximum atomic E-state index is 5.35. The van der Waals surface area contributed by atoms with Crippen molar-refractivity contribution in [1.29, 1.82) is 0 Å². The molecule has 0 unspecified atom stereocenters. The molecule has 2 rings (SSSR count). The molecule has 0 aromatic rings. The molecule has 0 aliphatic heterocycles. The molecule has 0 radical (unpaired) electrons. The maximum absolute atomic E-state index is 5.35. The highest BCUT2D eigenvalue weighted by molar-refractivity contribution is 7.80. The quantitative estimate of drug-likeness (QED) is 0.693. The Hall–Kier alpha value is -0.310. The molecule has 3 heteroatoms. The SMILES string of the molecule is CCNC(=S)N(CC1CC1)C1CC1. The van der Waals surface area contributed by atoms with Gasteiger partial charge in [-0.05, 0) is 50.7 Å². The van der Waals surface area contributed by atoms with Gasteiger partial charge in [0, 0.05) is 19.1 Å².